The zero-order chi connectivity index (χ0) is 14.7. The lowest BCUT2D eigenvalue weighted by Gasteiger charge is -2.20. The highest BCUT2D eigenvalue weighted by Gasteiger charge is 2.26. The SMILES string of the molecule is Clc1nc(C2CCCCCCC2)nc(Cl)c1C1CCCC1. The minimum Gasteiger partial charge on any atom is -0.221 e. The van der Waals surface area contributed by atoms with Gasteiger partial charge in [-0.2, -0.15) is 0 Å². The Morgan fingerprint density at radius 2 is 1.05 bits per heavy atom. The van der Waals surface area contributed by atoms with Gasteiger partial charge in [-0.15, -0.1) is 0 Å². The van der Waals surface area contributed by atoms with Crippen LogP contribution in [-0.4, -0.2) is 9.97 Å². The summed E-state index contributed by atoms with van der Waals surface area (Å²) in [6.07, 6.45) is 13.8. The molecule has 4 heteroatoms. The summed E-state index contributed by atoms with van der Waals surface area (Å²) in [6, 6.07) is 0. The highest BCUT2D eigenvalue weighted by atomic mass is 35.5. The van der Waals surface area contributed by atoms with E-state index >= 15 is 0 Å². The predicted octanol–water partition coefficient (Wildman–Crippen LogP) is 6.27. The molecule has 0 aliphatic heterocycles. The van der Waals surface area contributed by atoms with Gasteiger partial charge in [0.1, 0.15) is 16.1 Å². The summed E-state index contributed by atoms with van der Waals surface area (Å²) in [6.45, 7) is 0. The van der Waals surface area contributed by atoms with Crippen molar-refractivity contribution in [2.45, 2.75) is 82.5 Å². The quantitative estimate of drug-likeness (QED) is 0.598. The van der Waals surface area contributed by atoms with Crippen molar-refractivity contribution < 1.29 is 0 Å². The molecule has 3 rings (SSSR count). The minimum absolute atomic E-state index is 0.443. The van der Waals surface area contributed by atoms with Gasteiger partial charge in [0, 0.05) is 11.5 Å². The summed E-state index contributed by atoms with van der Waals surface area (Å²) in [5.74, 6) is 1.79. The topological polar surface area (TPSA) is 25.8 Å². The van der Waals surface area contributed by atoms with E-state index in [0.717, 1.165) is 11.4 Å². The van der Waals surface area contributed by atoms with Crippen molar-refractivity contribution in [2.75, 3.05) is 0 Å². The van der Waals surface area contributed by atoms with E-state index in [2.05, 4.69) is 9.97 Å². The first-order chi connectivity index (χ1) is 10.3. The molecule has 1 heterocycles. The van der Waals surface area contributed by atoms with Crippen LogP contribution >= 0.6 is 23.2 Å². The zero-order valence-corrected chi connectivity index (χ0v) is 14.1. The molecule has 1 aromatic rings. The number of rotatable bonds is 2. The number of hydrogen-bond donors (Lipinski definition) is 0. The van der Waals surface area contributed by atoms with Crippen LogP contribution in [0.4, 0.5) is 0 Å². The van der Waals surface area contributed by atoms with Crippen molar-refractivity contribution in [1.82, 2.24) is 9.97 Å². The molecule has 21 heavy (non-hydrogen) atoms. The van der Waals surface area contributed by atoms with Crippen LogP contribution in [0.25, 0.3) is 0 Å². The van der Waals surface area contributed by atoms with Crippen LogP contribution < -0.4 is 0 Å². The van der Waals surface area contributed by atoms with Crippen LogP contribution in [0.1, 0.15) is 93.9 Å². The average molecular weight is 327 g/mol. The van der Waals surface area contributed by atoms with Gasteiger partial charge in [-0.1, -0.05) is 68.1 Å². The Morgan fingerprint density at radius 1 is 0.619 bits per heavy atom. The molecule has 0 radical (unpaired) electrons. The van der Waals surface area contributed by atoms with Gasteiger partial charge in [-0.25, -0.2) is 9.97 Å². The Hall–Kier alpha value is -0.340. The van der Waals surface area contributed by atoms with Crippen LogP contribution in [-0.2, 0) is 0 Å². The van der Waals surface area contributed by atoms with Gasteiger partial charge in [-0.3, -0.25) is 0 Å². The first kappa shape index (κ1) is 15.6. The van der Waals surface area contributed by atoms with E-state index in [1.54, 1.807) is 0 Å². The Balaban J connectivity index is 1.82. The molecule has 0 saturated heterocycles. The van der Waals surface area contributed by atoms with Gasteiger partial charge in [-0.05, 0) is 31.6 Å². The highest BCUT2D eigenvalue weighted by molar-refractivity contribution is 6.34. The number of halogens is 2. The number of aromatic nitrogens is 2. The lowest BCUT2D eigenvalue weighted by molar-refractivity contribution is 0.442. The van der Waals surface area contributed by atoms with Gasteiger partial charge >= 0.3 is 0 Å². The standard InChI is InChI=1S/C17H24Cl2N2/c18-15-14(12-8-6-7-9-12)16(19)21-17(20-15)13-10-4-2-1-3-5-11-13/h12-13H,1-11H2. The summed E-state index contributed by atoms with van der Waals surface area (Å²) in [5.41, 5.74) is 1.01. The van der Waals surface area contributed by atoms with E-state index in [9.17, 15) is 0 Å². The molecule has 116 valence electrons. The molecule has 0 aromatic carbocycles. The second-order valence-electron chi connectivity index (χ2n) is 6.60. The molecule has 0 spiro atoms. The third kappa shape index (κ3) is 3.71. The van der Waals surface area contributed by atoms with Crippen molar-refractivity contribution in [3.63, 3.8) is 0 Å². The number of nitrogens with zero attached hydrogens (tertiary/aromatic N) is 2. The largest absolute Gasteiger partial charge is 0.221 e. The maximum absolute atomic E-state index is 6.47. The van der Waals surface area contributed by atoms with Crippen LogP contribution in [0, 0.1) is 0 Å². The monoisotopic (exact) mass is 326 g/mol. The van der Waals surface area contributed by atoms with E-state index in [0.29, 0.717) is 22.1 Å². The summed E-state index contributed by atoms with van der Waals surface area (Å²) < 4.78 is 0. The molecule has 0 bridgehead atoms. The molecule has 2 aliphatic carbocycles. The van der Waals surface area contributed by atoms with E-state index in [4.69, 9.17) is 23.2 Å². The molecule has 0 N–H and O–H groups in total. The molecule has 2 aliphatic rings. The van der Waals surface area contributed by atoms with E-state index in [1.807, 2.05) is 0 Å². The number of hydrogen-bond acceptors (Lipinski definition) is 2. The summed E-state index contributed by atoms with van der Waals surface area (Å²) >= 11 is 12.9. The van der Waals surface area contributed by atoms with Crippen LogP contribution in [0.15, 0.2) is 0 Å². The molecule has 2 nitrogen and oxygen atoms in total. The summed E-state index contributed by atoms with van der Waals surface area (Å²) in [7, 11) is 0. The Labute approximate surface area is 137 Å². The molecular weight excluding hydrogens is 303 g/mol. The Kier molecular flexibility index (Phi) is 5.39. The molecule has 0 amide bonds. The van der Waals surface area contributed by atoms with Crippen molar-refractivity contribution in [1.29, 1.82) is 0 Å². The minimum atomic E-state index is 0.443. The van der Waals surface area contributed by atoms with Crippen molar-refractivity contribution in [2.24, 2.45) is 0 Å². The first-order valence-electron chi connectivity index (χ1n) is 8.48. The van der Waals surface area contributed by atoms with Gasteiger partial charge in [0.15, 0.2) is 0 Å². The van der Waals surface area contributed by atoms with E-state index in [1.165, 1.54) is 70.6 Å². The van der Waals surface area contributed by atoms with Gasteiger partial charge < -0.3 is 0 Å². The summed E-state index contributed by atoms with van der Waals surface area (Å²) in [4.78, 5) is 9.29. The molecule has 2 fully saturated rings. The smallest absolute Gasteiger partial charge is 0.137 e. The lowest BCUT2D eigenvalue weighted by Crippen LogP contribution is -2.10. The predicted molar refractivity (Wildman–Crippen MR) is 88.3 cm³/mol. The van der Waals surface area contributed by atoms with Crippen molar-refractivity contribution >= 4 is 23.2 Å². The highest BCUT2D eigenvalue weighted by Crippen LogP contribution is 2.41. The fraction of sp³-hybridized carbons (Fsp3) is 0.765. The van der Waals surface area contributed by atoms with Crippen LogP contribution in [0.2, 0.25) is 10.3 Å². The molecule has 0 unspecified atom stereocenters. The van der Waals surface area contributed by atoms with Gasteiger partial charge in [0.25, 0.3) is 0 Å². The third-order valence-electron chi connectivity index (χ3n) is 5.10. The average Bonchev–Trinajstić information content (AvgIpc) is 2.91. The molecule has 1 aromatic heterocycles. The summed E-state index contributed by atoms with van der Waals surface area (Å²) in [5, 5.41) is 1.22. The third-order valence-corrected chi connectivity index (χ3v) is 5.68. The fourth-order valence-corrected chi connectivity index (χ4v) is 4.59. The Morgan fingerprint density at radius 3 is 1.62 bits per heavy atom. The Bertz CT molecular complexity index is 453. The van der Waals surface area contributed by atoms with Gasteiger partial charge in [0.2, 0.25) is 0 Å². The second kappa shape index (κ2) is 7.28. The molecule has 0 atom stereocenters. The first-order valence-corrected chi connectivity index (χ1v) is 9.24. The van der Waals surface area contributed by atoms with Crippen molar-refractivity contribution in [3.05, 3.63) is 21.7 Å². The van der Waals surface area contributed by atoms with E-state index in [-0.39, 0.29) is 0 Å². The second-order valence-corrected chi connectivity index (χ2v) is 7.32. The fourth-order valence-electron chi connectivity index (χ4n) is 3.88. The zero-order valence-electron chi connectivity index (χ0n) is 12.6. The molecular formula is C17H24Cl2N2. The lowest BCUT2D eigenvalue weighted by atomic mass is 9.90. The molecule has 2 saturated carbocycles. The maximum Gasteiger partial charge on any atom is 0.137 e. The van der Waals surface area contributed by atoms with Crippen LogP contribution in [0.5, 0.6) is 0 Å². The van der Waals surface area contributed by atoms with Gasteiger partial charge in [0.05, 0.1) is 0 Å². The van der Waals surface area contributed by atoms with E-state index < -0.39 is 0 Å². The maximum atomic E-state index is 6.47. The normalized spacial score (nSPS) is 22.2. The van der Waals surface area contributed by atoms with Crippen molar-refractivity contribution in [3.8, 4) is 0 Å². The van der Waals surface area contributed by atoms with Crippen LogP contribution in [0.3, 0.4) is 0 Å².